The van der Waals surface area contributed by atoms with E-state index in [0.29, 0.717) is 68.6 Å². The zero-order valence-corrected chi connectivity index (χ0v) is 30.4. The van der Waals surface area contributed by atoms with Crippen LogP contribution in [0.15, 0.2) is 42.6 Å². The summed E-state index contributed by atoms with van der Waals surface area (Å²) in [5, 5.41) is 13.9. The third-order valence-corrected chi connectivity index (χ3v) is 11.4. The summed E-state index contributed by atoms with van der Waals surface area (Å²) < 4.78 is 20.9. The molecule has 3 fully saturated rings. The van der Waals surface area contributed by atoms with Crippen molar-refractivity contribution in [2.24, 2.45) is 13.0 Å². The monoisotopic (exact) mass is 728 g/mol. The first-order chi connectivity index (χ1) is 24.0. The minimum absolute atomic E-state index is 0.0969. The van der Waals surface area contributed by atoms with Gasteiger partial charge in [0.2, 0.25) is 5.85 Å². The van der Waals surface area contributed by atoms with Crippen molar-refractivity contribution in [3.8, 4) is 0 Å². The van der Waals surface area contributed by atoms with Crippen molar-refractivity contribution in [3.05, 3.63) is 63.8 Å². The number of methoxy groups -OCH3 is 2. The number of carbonyl (C=O) groups excluding carboxylic acids is 2. The molecule has 3 heterocycles. The van der Waals surface area contributed by atoms with Crippen LogP contribution in [0.4, 0.5) is 5.69 Å². The topological polar surface area (TPSA) is 123 Å². The molecular weight excluding hydrogens is 683 g/mol. The van der Waals surface area contributed by atoms with Crippen LogP contribution in [0.5, 0.6) is 0 Å². The summed E-state index contributed by atoms with van der Waals surface area (Å²) >= 11 is 13.7. The third kappa shape index (κ3) is 6.93. The zero-order chi connectivity index (χ0) is 35.6. The Balaban J connectivity index is 1.33. The number of carboxylic acid groups (broad SMARTS) is 1. The number of nitrogens with zero attached hydrogens (tertiary/aromatic N) is 3. The average molecular weight is 730 g/mol. The molecule has 2 aliphatic heterocycles. The lowest BCUT2D eigenvalue weighted by atomic mass is 9.87. The van der Waals surface area contributed by atoms with Gasteiger partial charge in [-0.25, -0.2) is 4.90 Å². The van der Waals surface area contributed by atoms with E-state index in [9.17, 15) is 14.7 Å². The number of amides is 1. The highest BCUT2D eigenvalue weighted by atomic mass is 35.5. The van der Waals surface area contributed by atoms with Gasteiger partial charge in [0.15, 0.2) is 5.78 Å². The Bertz CT molecular complexity index is 1740. The molecule has 0 bridgehead atoms. The Morgan fingerprint density at radius 3 is 2.40 bits per heavy atom. The van der Waals surface area contributed by atoms with Crippen LogP contribution in [0.25, 0.3) is 10.9 Å². The quantitative estimate of drug-likeness (QED) is 0.208. The van der Waals surface area contributed by atoms with Crippen molar-refractivity contribution in [1.29, 1.82) is 0 Å². The van der Waals surface area contributed by atoms with Crippen molar-refractivity contribution in [2.75, 3.05) is 45.8 Å². The van der Waals surface area contributed by atoms with Crippen LogP contribution in [0.1, 0.15) is 67.3 Å². The molecule has 270 valence electrons. The summed E-state index contributed by atoms with van der Waals surface area (Å²) in [7, 11) is 5.14. The Labute approximate surface area is 302 Å². The summed E-state index contributed by atoms with van der Waals surface area (Å²) in [6, 6.07) is 10.9. The van der Waals surface area contributed by atoms with Gasteiger partial charge in [0.25, 0.3) is 5.91 Å². The number of hydrogen-bond donors (Lipinski definition) is 2. The fraction of sp³-hybridized carbons (Fsp3) is 0.541. The van der Waals surface area contributed by atoms with E-state index in [2.05, 4.69) is 10.2 Å². The molecular formula is C37H46Cl2N4O7. The van der Waals surface area contributed by atoms with Crippen LogP contribution in [0.2, 0.25) is 10.0 Å². The number of para-hydroxylation sites is 1. The molecule has 0 spiro atoms. The van der Waals surface area contributed by atoms with Gasteiger partial charge in [-0.05, 0) is 75.1 Å². The Morgan fingerprint density at radius 1 is 1.00 bits per heavy atom. The molecule has 1 amide bonds. The Morgan fingerprint density at radius 2 is 1.72 bits per heavy atom. The van der Waals surface area contributed by atoms with E-state index >= 15 is 4.79 Å². The number of Topliss-reactive ketones (excluding diaryl/α,β-unsaturated/α-hetero) is 1. The van der Waals surface area contributed by atoms with Gasteiger partial charge in [0, 0.05) is 69.4 Å². The number of aliphatic carboxylic acids is 1. The standard InChI is InChI=1S/C37H46Cl2N4O7/c1-41-22-28(27-9-4-5-10-32(27)41)34(45)40-31-21-29(38)25(19-30(31)39)20-33(44)37(42-16-6-7-17-42,43-18-8-15-36(43,49-3)23-48-2)50-26-13-11-24(12-14-26)35(46)47/h4-5,9-10,19,21-22,24,26H,6-8,11-18,20,23H2,1-3H3,(H,40,45)(H,46,47)/t24?,26?,36-,37?/m0/s1. The molecule has 6 rings (SSSR count). The number of carbonyl (C=O) groups is 3. The number of likely N-dealkylation sites (tertiary alicyclic amines) is 2. The maximum atomic E-state index is 15.1. The van der Waals surface area contributed by atoms with Crippen LogP contribution in [0.3, 0.4) is 0 Å². The van der Waals surface area contributed by atoms with Gasteiger partial charge in [-0.1, -0.05) is 41.4 Å². The second-order valence-corrected chi connectivity index (χ2v) is 14.5. The van der Waals surface area contributed by atoms with Gasteiger partial charge in [-0.15, -0.1) is 0 Å². The fourth-order valence-electron chi connectivity index (χ4n) is 8.13. The predicted octanol–water partition coefficient (Wildman–Crippen LogP) is 6.34. The SMILES string of the molecule is COC[C@@]1(OC)CCCN1C(OC1CCC(C(=O)O)CC1)(C(=O)Cc1cc(Cl)c(NC(=O)c2cn(C)c3ccccc23)cc1Cl)N1CCCC1. The molecule has 3 aliphatic rings. The van der Waals surface area contributed by atoms with E-state index in [4.69, 9.17) is 37.4 Å². The van der Waals surface area contributed by atoms with E-state index in [1.807, 2.05) is 40.8 Å². The molecule has 13 heteroatoms. The first-order valence-electron chi connectivity index (χ1n) is 17.4. The van der Waals surface area contributed by atoms with Crippen molar-refractivity contribution in [1.82, 2.24) is 14.4 Å². The first kappa shape index (κ1) is 36.8. The molecule has 1 aliphatic carbocycles. The Kier molecular flexibility index (Phi) is 11.2. The highest BCUT2D eigenvalue weighted by molar-refractivity contribution is 6.36. The molecule has 1 unspecified atom stereocenters. The number of carboxylic acids is 1. The number of halogens is 2. The summed E-state index contributed by atoms with van der Waals surface area (Å²) in [6.45, 7) is 2.07. The molecule has 2 N–H and O–H groups in total. The lowest BCUT2D eigenvalue weighted by Gasteiger charge is -2.53. The molecule has 0 radical (unpaired) electrons. The number of nitrogens with one attached hydrogen (secondary N) is 1. The van der Waals surface area contributed by atoms with Crippen molar-refractivity contribution < 1.29 is 33.7 Å². The van der Waals surface area contributed by atoms with Crippen molar-refractivity contribution in [3.63, 3.8) is 0 Å². The molecule has 50 heavy (non-hydrogen) atoms. The summed E-state index contributed by atoms with van der Waals surface area (Å²) in [6.07, 6.45) is 6.57. The first-order valence-corrected chi connectivity index (χ1v) is 18.1. The van der Waals surface area contributed by atoms with E-state index in [1.54, 1.807) is 32.5 Å². The number of rotatable bonds is 13. The van der Waals surface area contributed by atoms with Gasteiger partial charge in [0.1, 0.15) is 5.72 Å². The van der Waals surface area contributed by atoms with Gasteiger partial charge in [0.05, 0.1) is 34.9 Å². The van der Waals surface area contributed by atoms with Gasteiger partial charge in [-0.3, -0.25) is 19.3 Å². The van der Waals surface area contributed by atoms with Crippen molar-refractivity contribution in [2.45, 2.75) is 75.5 Å². The van der Waals surface area contributed by atoms with Gasteiger partial charge in [-0.2, -0.15) is 0 Å². The molecule has 2 aromatic carbocycles. The van der Waals surface area contributed by atoms with Gasteiger partial charge < -0.3 is 29.2 Å². The van der Waals surface area contributed by atoms with Crippen molar-refractivity contribution >= 4 is 57.5 Å². The van der Waals surface area contributed by atoms with E-state index in [-0.39, 0.29) is 40.9 Å². The van der Waals surface area contributed by atoms with Crippen LogP contribution < -0.4 is 5.32 Å². The summed E-state index contributed by atoms with van der Waals surface area (Å²) in [5.41, 5.74) is 1.35. The Hall–Kier alpha value is -3.03. The number of ketones is 1. The second kappa shape index (κ2) is 15.3. The summed E-state index contributed by atoms with van der Waals surface area (Å²) in [5.74, 6) is -3.29. The molecule has 3 aromatic rings. The maximum Gasteiger partial charge on any atom is 0.306 e. The van der Waals surface area contributed by atoms with E-state index in [1.165, 1.54) is 0 Å². The number of fused-ring (bicyclic) bond motifs is 1. The van der Waals surface area contributed by atoms with Crippen LogP contribution in [-0.2, 0) is 37.3 Å². The zero-order valence-electron chi connectivity index (χ0n) is 28.9. The summed E-state index contributed by atoms with van der Waals surface area (Å²) in [4.78, 5) is 44.4. The molecule has 2 atom stereocenters. The van der Waals surface area contributed by atoms with Gasteiger partial charge >= 0.3 is 5.97 Å². The van der Waals surface area contributed by atoms with E-state index in [0.717, 1.165) is 30.2 Å². The molecule has 1 aromatic heterocycles. The minimum Gasteiger partial charge on any atom is -0.481 e. The lowest BCUT2D eigenvalue weighted by Crippen LogP contribution is -2.73. The third-order valence-electron chi connectivity index (χ3n) is 10.7. The smallest absolute Gasteiger partial charge is 0.306 e. The number of aryl methyl sites for hydroxylation is 1. The lowest BCUT2D eigenvalue weighted by molar-refractivity contribution is -0.307. The number of ether oxygens (including phenoxy) is 3. The minimum atomic E-state index is -1.51. The number of anilines is 1. The molecule has 11 nitrogen and oxygen atoms in total. The normalized spacial score (nSPS) is 24.4. The highest BCUT2D eigenvalue weighted by Crippen LogP contribution is 2.44. The van der Waals surface area contributed by atoms with Crippen LogP contribution in [0, 0.1) is 5.92 Å². The fourth-order valence-corrected chi connectivity index (χ4v) is 8.59. The number of aromatic nitrogens is 1. The highest BCUT2D eigenvalue weighted by Gasteiger charge is 2.60. The van der Waals surface area contributed by atoms with Crippen LogP contribution in [-0.4, -0.2) is 95.3 Å². The van der Waals surface area contributed by atoms with Crippen LogP contribution >= 0.6 is 23.2 Å². The number of hydrogen-bond acceptors (Lipinski definition) is 8. The number of benzene rings is 2. The second-order valence-electron chi connectivity index (χ2n) is 13.7. The largest absolute Gasteiger partial charge is 0.481 e. The molecule has 1 saturated carbocycles. The molecule has 2 saturated heterocycles. The predicted molar refractivity (Wildman–Crippen MR) is 192 cm³/mol. The van der Waals surface area contributed by atoms with E-state index < -0.39 is 23.5 Å². The maximum absolute atomic E-state index is 15.1. The average Bonchev–Trinajstić information content (AvgIpc) is 3.87.